The topological polar surface area (TPSA) is 80.4 Å². The number of nitrogens with zero attached hydrogens (tertiary/aromatic N) is 4. The number of aryl methyl sites for hydroxylation is 1. The van der Waals surface area contributed by atoms with Gasteiger partial charge in [-0.3, -0.25) is 14.3 Å². The van der Waals surface area contributed by atoms with E-state index in [0.717, 1.165) is 12.8 Å². The molecule has 3 heterocycles. The highest BCUT2D eigenvalue weighted by atomic mass is 16.4. The number of aromatic nitrogens is 3. The highest BCUT2D eigenvalue weighted by molar-refractivity contribution is 5.97. The number of likely N-dealkylation sites (tertiary alicyclic amines) is 1. The van der Waals surface area contributed by atoms with Crippen LogP contribution in [0.2, 0.25) is 0 Å². The van der Waals surface area contributed by atoms with Crippen molar-refractivity contribution in [2.75, 3.05) is 6.54 Å². The number of rotatable bonds is 4. The van der Waals surface area contributed by atoms with Crippen LogP contribution in [-0.4, -0.2) is 48.8 Å². The fraction of sp³-hybridized carbons (Fsp3) is 0.400. The van der Waals surface area contributed by atoms with Crippen LogP contribution in [0.5, 0.6) is 0 Å². The lowest BCUT2D eigenvalue weighted by Gasteiger charge is -2.23. The van der Waals surface area contributed by atoms with Gasteiger partial charge in [-0.1, -0.05) is 0 Å². The molecule has 0 aliphatic carbocycles. The third-order valence-electron chi connectivity index (χ3n) is 4.04. The predicted molar refractivity (Wildman–Crippen MR) is 78.8 cm³/mol. The molecule has 2 aromatic heterocycles. The van der Waals surface area contributed by atoms with E-state index < -0.39 is 5.97 Å². The van der Waals surface area contributed by atoms with Crippen molar-refractivity contribution in [2.24, 2.45) is 7.05 Å². The molecule has 1 unspecified atom stereocenters. The smallest absolute Gasteiger partial charge is 0.305 e. The van der Waals surface area contributed by atoms with Crippen LogP contribution in [0.4, 0.5) is 0 Å². The maximum atomic E-state index is 12.8. The summed E-state index contributed by atoms with van der Waals surface area (Å²) >= 11 is 0. The van der Waals surface area contributed by atoms with Crippen LogP contribution in [0.15, 0.2) is 30.7 Å². The molecular formula is C15H18N4O3. The Hall–Kier alpha value is -2.57. The number of carbonyl (C=O) groups is 2. The van der Waals surface area contributed by atoms with Crippen LogP contribution in [0.3, 0.4) is 0 Å². The maximum Gasteiger partial charge on any atom is 0.305 e. The normalized spacial score (nSPS) is 17.9. The summed E-state index contributed by atoms with van der Waals surface area (Å²) in [5.74, 6) is -0.335. The molecule has 0 saturated carbocycles. The minimum absolute atomic E-state index is 0.00907. The van der Waals surface area contributed by atoms with Gasteiger partial charge in [0.25, 0.3) is 5.91 Å². The van der Waals surface area contributed by atoms with E-state index in [-0.39, 0.29) is 18.4 Å². The Balaban J connectivity index is 1.91. The quantitative estimate of drug-likeness (QED) is 0.923. The molecule has 1 atom stereocenters. The fourth-order valence-electron chi connectivity index (χ4n) is 3.04. The first-order valence-corrected chi connectivity index (χ1v) is 7.26. The highest BCUT2D eigenvalue weighted by Gasteiger charge is 2.33. The van der Waals surface area contributed by atoms with E-state index in [4.69, 9.17) is 5.11 Å². The Morgan fingerprint density at radius 3 is 2.77 bits per heavy atom. The van der Waals surface area contributed by atoms with Crippen molar-refractivity contribution in [1.29, 1.82) is 0 Å². The van der Waals surface area contributed by atoms with Gasteiger partial charge in [0, 0.05) is 32.0 Å². The predicted octanol–water partition coefficient (Wildman–Crippen LogP) is 1.29. The molecule has 2 aromatic rings. The zero-order chi connectivity index (χ0) is 15.7. The van der Waals surface area contributed by atoms with Crippen molar-refractivity contribution < 1.29 is 14.7 Å². The van der Waals surface area contributed by atoms with Crippen molar-refractivity contribution in [3.05, 3.63) is 36.3 Å². The minimum atomic E-state index is -0.874. The summed E-state index contributed by atoms with van der Waals surface area (Å²) in [4.78, 5) is 25.5. The van der Waals surface area contributed by atoms with Gasteiger partial charge in [-0.15, -0.1) is 0 Å². The number of aliphatic carboxylic acids is 1. The minimum Gasteiger partial charge on any atom is -0.481 e. The average molecular weight is 302 g/mol. The van der Waals surface area contributed by atoms with Gasteiger partial charge in [-0.25, -0.2) is 0 Å². The Kier molecular flexibility index (Phi) is 3.70. The molecule has 0 bridgehead atoms. The molecule has 1 aliphatic heterocycles. The van der Waals surface area contributed by atoms with E-state index in [1.54, 1.807) is 22.8 Å². The summed E-state index contributed by atoms with van der Waals surface area (Å²) in [6.07, 6.45) is 6.82. The van der Waals surface area contributed by atoms with Gasteiger partial charge in [0.05, 0.1) is 12.6 Å². The summed E-state index contributed by atoms with van der Waals surface area (Å²) in [6.45, 7) is 0.594. The lowest BCUT2D eigenvalue weighted by Crippen LogP contribution is -2.37. The molecule has 7 nitrogen and oxygen atoms in total. The van der Waals surface area contributed by atoms with Gasteiger partial charge in [0.15, 0.2) is 0 Å². The zero-order valence-electron chi connectivity index (χ0n) is 12.3. The third-order valence-corrected chi connectivity index (χ3v) is 4.04. The molecule has 22 heavy (non-hydrogen) atoms. The Bertz CT molecular complexity index is 690. The Labute approximate surface area is 127 Å². The van der Waals surface area contributed by atoms with Crippen LogP contribution in [0, 0.1) is 0 Å². The van der Waals surface area contributed by atoms with Gasteiger partial charge >= 0.3 is 5.97 Å². The highest BCUT2D eigenvalue weighted by Crippen LogP contribution is 2.25. The SMILES string of the molecule is Cn1ncc(C(=O)N2CCCC2CC(=O)O)c1-n1cccc1. The van der Waals surface area contributed by atoms with Gasteiger partial charge in [-0.2, -0.15) is 5.10 Å². The maximum absolute atomic E-state index is 12.8. The molecule has 116 valence electrons. The number of amides is 1. The standard InChI is InChI=1S/C15H18N4O3/c1-17-14(18-6-2-3-7-18)12(10-16-17)15(22)19-8-4-5-11(19)9-13(20)21/h2-3,6-7,10-11H,4-5,8-9H2,1H3,(H,20,21). The first-order valence-electron chi connectivity index (χ1n) is 7.26. The number of hydrogen-bond donors (Lipinski definition) is 1. The molecule has 0 aromatic carbocycles. The summed E-state index contributed by atoms with van der Waals surface area (Å²) in [5.41, 5.74) is 0.496. The molecule has 1 amide bonds. The van der Waals surface area contributed by atoms with Crippen LogP contribution in [0.25, 0.3) is 5.82 Å². The van der Waals surface area contributed by atoms with E-state index in [2.05, 4.69) is 5.10 Å². The van der Waals surface area contributed by atoms with E-state index in [1.165, 1.54) is 0 Å². The Morgan fingerprint density at radius 2 is 2.09 bits per heavy atom. The molecule has 1 aliphatic rings. The van der Waals surface area contributed by atoms with Crippen LogP contribution in [-0.2, 0) is 11.8 Å². The van der Waals surface area contributed by atoms with Gasteiger partial charge in [0.1, 0.15) is 11.4 Å². The van der Waals surface area contributed by atoms with Crippen molar-refractivity contribution in [3.8, 4) is 5.82 Å². The second-order valence-electron chi connectivity index (χ2n) is 5.49. The van der Waals surface area contributed by atoms with Crippen molar-refractivity contribution in [2.45, 2.75) is 25.3 Å². The monoisotopic (exact) mass is 302 g/mol. The Morgan fingerprint density at radius 1 is 1.36 bits per heavy atom. The van der Waals surface area contributed by atoms with Crippen molar-refractivity contribution in [1.82, 2.24) is 19.2 Å². The molecule has 1 N–H and O–H groups in total. The third kappa shape index (κ3) is 2.49. The van der Waals surface area contributed by atoms with Crippen LogP contribution in [0.1, 0.15) is 29.6 Å². The second-order valence-corrected chi connectivity index (χ2v) is 5.49. The summed E-state index contributed by atoms with van der Waals surface area (Å²) < 4.78 is 3.48. The van der Waals surface area contributed by atoms with Crippen molar-refractivity contribution >= 4 is 11.9 Å². The molecule has 7 heteroatoms. The van der Waals surface area contributed by atoms with E-state index >= 15 is 0 Å². The first-order chi connectivity index (χ1) is 10.6. The molecular weight excluding hydrogens is 284 g/mol. The van der Waals surface area contributed by atoms with Crippen molar-refractivity contribution in [3.63, 3.8) is 0 Å². The largest absolute Gasteiger partial charge is 0.481 e. The zero-order valence-corrected chi connectivity index (χ0v) is 12.3. The number of carbonyl (C=O) groups excluding carboxylic acids is 1. The lowest BCUT2D eigenvalue weighted by molar-refractivity contribution is -0.137. The van der Waals surface area contributed by atoms with Gasteiger partial charge in [-0.05, 0) is 25.0 Å². The second kappa shape index (κ2) is 5.67. The molecule has 0 radical (unpaired) electrons. The number of hydrogen-bond acceptors (Lipinski definition) is 3. The average Bonchev–Trinajstić information content (AvgIpc) is 3.17. The van der Waals surface area contributed by atoms with Crippen LogP contribution >= 0.6 is 0 Å². The summed E-state index contributed by atoms with van der Waals surface area (Å²) in [5, 5.41) is 13.2. The fourth-order valence-corrected chi connectivity index (χ4v) is 3.04. The van der Waals surface area contributed by atoms with E-state index in [9.17, 15) is 9.59 Å². The lowest BCUT2D eigenvalue weighted by atomic mass is 10.1. The number of carboxylic acid groups (broad SMARTS) is 1. The summed E-state index contributed by atoms with van der Waals surface area (Å²) in [7, 11) is 1.78. The van der Waals surface area contributed by atoms with Gasteiger partial charge < -0.3 is 14.6 Å². The number of carboxylic acids is 1. The summed E-state index contributed by atoms with van der Waals surface area (Å²) in [6, 6.07) is 3.53. The van der Waals surface area contributed by atoms with E-state index in [0.29, 0.717) is 17.9 Å². The van der Waals surface area contributed by atoms with Crippen LogP contribution < -0.4 is 0 Å². The van der Waals surface area contributed by atoms with E-state index in [1.807, 2.05) is 29.1 Å². The molecule has 1 saturated heterocycles. The first kappa shape index (κ1) is 14.4. The molecule has 0 spiro atoms. The van der Waals surface area contributed by atoms with Gasteiger partial charge in [0.2, 0.25) is 0 Å². The molecule has 3 rings (SSSR count). The molecule has 1 fully saturated rings.